The largest absolute Gasteiger partial charge is 0.311 e. The van der Waals surface area contributed by atoms with Gasteiger partial charge in [0.1, 0.15) is 0 Å². The molecule has 250 valence electrons. The average molecular weight is 685 g/mol. The Morgan fingerprint density at radius 2 is 0.808 bits per heavy atom. The first kappa shape index (κ1) is 31.2. The molecule has 0 saturated carbocycles. The summed E-state index contributed by atoms with van der Waals surface area (Å²) in [5.41, 5.74) is 15.8. The molecule has 3 aliphatic heterocycles. The predicted molar refractivity (Wildman–Crippen MR) is 226 cm³/mol. The summed E-state index contributed by atoms with van der Waals surface area (Å²) in [5.74, 6) is 0. The van der Waals surface area contributed by atoms with E-state index >= 15 is 0 Å². The van der Waals surface area contributed by atoms with Crippen LogP contribution < -0.4 is 46.9 Å². The summed E-state index contributed by atoms with van der Waals surface area (Å²) in [6.45, 7) is 11.7. The van der Waals surface area contributed by atoms with Crippen LogP contribution in [0.25, 0.3) is 0 Å². The summed E-state index contributed by atoms with van der Waals surface area (Å²) in [4.78, 5) is 5.19. The van der Waals surface area contributed by atoms with Gasteiger partial charge in [-0.3, -0.25) is 0 Å². The summed E-state index contributed by atoms with van der Waals surface area (Å²) in [6, 6.07) is 60.2. The zero-order valence-electron chi connectivity index (χ0n) is 30.5. The van der Waals surface area contributed by atoms with Crippen LogP contribution in [0, 0.1) is 13.8 Å². The fraction of sp³-hybridized carbons (Fsp3) is 0.125. The number of benzene rings is 7. The molecule has 0 radical (unpaired) electrons. The van der Waals surface area contributed by atoms with Gasteiger partial charge in [-0.2, -0.15) is 0 Å². The maximum Gasteiger partial charge on any atom is 0.251 e. The number of nitrogens with zero attached hydrogens (tertiary/aromatic N) is 2. The van der Waals surface area contributed by atoms with Gasteiger partial charge in [-0.05, 0) is 122 Å². The minimum atomic E-state index is -2.87. The summed E-state index contributed by atoms with van der Waals surface area (Å²) < 4.78 is 0. The third kappa shape index (κ3) is 4.25. The van der Waals surface area contributed by atoms with E-state index in [9.17, 15) is 0 Å². The maximum atomic E-state index is 2.60. The molecule has 2 nitrogen and oxygen atoms in total. The molecule has 3 heterocycles. The second-order valence-electron chi connectivity index (χ2n) is 15.9. The van der Waals surface area contributed by atoms with Crippen LogP contribution in [0.2, 0.25) is 0 Å². The van der Waals surface area contributed by atoms with Crippen LogP contribution in [0.5, 0.6) is 0 Å². The minimum Gasteiger partial charge on any atom is -0.311 e. The van der Waals surface area contributed by atoms with E-state index in [1.54, 1.807) is 0 Å². The van der Waals surface area contributed by atoms with Crippen molar-refractivity contribution in [3.8, 4) is 0 Å². The van der Waals surface area contributed by atoms with E-state index in [4.69, 9.17) is 0 Å². The van der Waals surface area contributed by atoms with Crippen LogP contribution in [0.3, 0.4) is 0 Å². The smallest absolute Gasteiger partial charge is 0.251 e. The third-order valence-corrected chi connectivity index (χ3v) is 16.5. The monoisotopic (exact) mass is 684 g/mol. The van der Waals surface area contributed by atoms with Gasteiger partial charge in [-0.1, -0.05) is 130 Å². The van der Waals surface area contributed by atoms with E-state index in [1.165, 1.54) is 87.9 Å². The maximum absolute atomic E-state index is 2.87. The normalized spacial score (nSPS) is 14.7. The first-order chi connectivity index (χ1) is 25.3. The Labute approximate surface area is 309 Å². The zero-order valence-corrected chi connectivity index (χ0v) is 31.5. The molecule has 7 aromatic carbocycles. The number of hydrogen-bond acceptors (Lipinski definition) is 2. The SMILES string of the molecule is Cc1cc2c3c(c1)[Si](c1ccccc1)(c1ccccc1)c1cc(C)cc4c1B3c1c(cc(C(C)(C)C)cc1N4c1ccccc1)N2c1ccccc1. The first-order valence-electron chi connectivity index (χ1n) is 18.6. The highest BCUT2D eigenvalue weighted by Gasteiger charge is 2.56. The van der Waals surface area contributed by atoms with Crippen molar-refractivity contribution < 1.29 is 0 Å². The summed E-state index contributed by atoms with van der Waals surface area (Å²) in [6.07, 6.45) is 0. The molecule has 0 bridgehead atoms. The molecule has 0 unspecified atom stereocenters. The van der Waals surface area contributed by atoms with Crippen LogP contribution in [0.15, 0.2) is 158 Å². The van der Waals surface area contributed by atoms with Gasteiger partial charge in [-0.15, -0.1) is 0 Å². The quantitative estimate of drug-likeness (QED) is 0.179. The number of aryl methyl sites for hydroxylation is 2. The molecular weight excluding hydrogens is 643 g/mol. The highest BCUT2D eigenvalue weighted by molar-refractivity contribution is 7.27. The molecule has 3 aliphatic rings. The standard InChI is InChI=1S/C48H41BN2Si/c1-32-26-39-46-43(28-32)52(37-22-14-8-15-23-37,38-24-16-9-17-25-38)44-29-33(2)27-40-47(44)49(46)45-41(50(39)35-18-10-6-11-19-35)30-34(48(3,4)5)31-42(45)51(40)36-20-12-7-13-21-36/h6-31H,1-5H3. The summed E-state index contributed by atoms with van der Waals surface area (Å²) >= 11 is 0. The van der Waals surface area contributed by atoms with Crippen molar-refractivity contribution in [1.82, 2.24) is 0 Å². The van der Waals surface area contributed by atoms with Gasteiger partial charge in [-0.25, -0.2) is 0 Å². The van der Waals surface area contributed by atoms with Gasteiger partial charge in [0.05, 0.1) is 0 Å². The Balaban J connectivity index is 1.46. The number of para-hydroxylation sites is 2. The van der Waals surface area contributed by atoms with E-state index in [1.807, 2.05) is 0 Å². The van der Waals surface area contributed by atoms with Crippen molar-refractivity contribution in [2.45, 2.75) is 40.0 Å². The highest BCUT2D eigenvalue weighted by Crippen LogP contribution is 2.46. The molecule has 0 aliphatic carbocycles. The van der Waals surface area contributed by atoms with Crippen LogP contribution >= 0.6 is 0 Å². The Hall–Kier alpha value is -5.58. The van der Waals surface area contributed by atoms with Gasteiger partial charge < -0.3 is 9.80 Å². The highest BCUT2D eigenvalue weighted by atomic mass is 28.3. The van der Waals surface area contributed by atoms with E-state index in [0.29, 0.717) is 0 Å². The molecule has 0 atom stereocenters. The van der Waals surface area contributed by atoms with Gasteiger partial charge in [0.2, 0.25) is 0 Å². The number of hydrogen-bond donors (Lipinski definition) is 0. The Morgan fingerprint density at radius 3 is 1.19 bits per heavy atom. The predicted octanol–water partition coefficient (Wildman–Crippen LogP) is 7.37. The molecule has 10 rings (SSSR count). The fourth-order valence-electron chi connectivity index (χ4n) is 9.59. The lowest BCUT2D eigenvalue weighted by Crippen LogP contribution is -2.88. The van der Waals surface area contributed by atoms with E-state index in [-0.39, 0.29) is 12.1 Å². The topological polar surface area (TPSA) is 6.48 Å². The van der Waals surface area contributed by atoms with Crippen molar-refractivity contribution >= 4 is 86.0 Å². The summed E-state index contributed by atoms with van der Waals surface area (Å²) in [7, 11) is -2.87. The Morgan fingerprint density at radius 1 is 0.442 bits per heavy atom. The van der Waals surface area contributed by atoms with E-state index < -0.39 is 8.07 Å². The third-order valence-electron chi connectivity index (χ3n) is 11.7. The van der Waals surface area contributed by atoms with Crippen molar-refractivity contribution in [2.24, 2.45) is 0 Å². The second kappa shape index (κ2) is 11.2. The zero-order chi connectivity index (χ0) is 35.4. The Bertz CT molecular complexity index is 2360. The fourth-order valence-corrected chi connectivity index (χ4v) is 15.1. The molecule has 0 fully saturated rings. The van der Waals surface area contributed by atoms with Crippen LogP contribution in [-0.4, -0.2) is 14.8 Å². The minimum absolute atomic E-state index is 0.0540. The van der Waals surface area contributed by atoms with Crippen LogP contribution in [-0.2, 0) is 5.41 Å². The van der Waals surface area contributed by atoms with Crippen molar-refractivity contribution in [2.75, 3.05) is 9.80 Å². The Kier molecular flexibility index (Phi) is 6.72. The van der Waals surface area contributed by atoms with Gasteiger partial charge in [0.15, 0.2) is 8.07 Å². The summed E-state index contributed by atoms with van der Waals surface area (Å²) in [5, 5.41) is 5.88. The van der Waals surface area contributed by atoms with Crippen LogP contribution in [0.4, 0.5) is 34.1 Å². The molecule has 7 aromatic rings. The molecule has 0 N–H and O–H groups in total. The lowest BCUT2D eigenvalue weighted by molar-refractivity contribution is 0.590. The molecule has 0 saturated heterocycles. The van der Waals surface area contributed by atoms with Gasteiger partial charge in [0, 0.05) is 34.1 Å². The van der Waals surface area contributed by atoms with Crippen LogP contribution in [0.1, 0.15) is 37.5 Å². The van der Waals surface area contributed by atoms with E-state index in [0.717, 1.165) is 0 Å². The molecule has 0 spiro atoms. The van der Waals surface area contributed by atoms with Crippen molar-refractivity contribution in [1.29, 1.82) is 0 Å². The van der Waals surface area contributed by atoms with Gasteiger partial charge >= 0.3 is 0 Å². The number of rotatable bonds is 4. The first-order valence-corrected chi connectivity index (χ1v) is 20.6. The van der Waals surface area contributed by atoms with E-state index in [2.05, 4.69) is 202 Å². The molecule has 52 heavy (non-hydrogen) atoms. The van der Waals surface area contributed by atoms with Crippen molar-refractivity contribution in [3.05, 3.63) is 174 Å². The molecule has 0 aromatic heterocycles. The lowest BCUT2D eigenvalue weighted by Gasteiger charge is -2.52. The van der Waals surface area contributed by atoms with Gasteiger partial charge in [0.25, 0.3) is 6.71 Å². The average Bonchev–Trinajstić information content (AvgIpc) is 3.15. The molecule has 4 heteroatoms. The number of anilines is 6. The lowest BCUT2D eigenvalue weighted by atomic mass is 9.33. The molecular formula is C48H41BN2Si. The molecule has 0 amide bonds. The van der Waals surface area contributed by atoms with Crippen molar-refractivity contribution in [3.63, 3.8) is 0 Å². The second-order valence-corrected chi connectivity index (χ2v) is 19.7.